The summed E-state index contributed by atoms with van der Waals surface area (Å²) in [6.07, 6.45) is 7.25. The van der Waals surface area contributed by atoms with Crippen LogP contribution in [0.5, 0.6) is 0 Å². The van der Waals surface area contributed by atoms with Crippen LogP contribution >= 0.6 is 0 Å². The summed E-state index contributed by atoms with van der Waals surface area (Å²) in [5, 5.41) is 3.41. The van der Waals surface area contributed by atoms with Crippen molar-refractivity contribution in [1.82, 2.24) is 9.88 Å². The normalized spacial score (nSPS) is 14.8. The number of nitrogens with zero attached hydrogens (tertiary/aromatic N) is 3. The lowest BCUT2D eigenvalue weighted by atomic mass is 10.2. The molecule has 0 aromatic carbocycles. The van der Waals surface area contributed by atoms with Gasteiger partial charge in [0.15, 0.2) is 0 Å². The molecule has 21 heavy (non-hydrogen) atoms. The van der Waals surface area contributed by atoms with Crippen LogP contribution in [0.2, 0.25) is 0 Å². The van der Waals surface area contributed by atoms with E-state index >= 15 is 0 Å². The molecule has 1 aromatic rings. The quantitative estimate of drug-likeness (QED) is 0.806. The van der Waals surface area contributed by atoms with Crippen molar-refractivity contribution in [3.8, 4) is 0 Å². The van der Waals surface area contributed by atoms with Crippen LogP contribution in [-0.4, -0.2) is 48.9 Å². The summed E-state index contributed by atoms with van der Waals surface area (Å²) in [5.74, 6) is 0.694. The Morgan fingerprint density at radius 3 is 2.67 bits per heavy atom. The average molecular weight is 290 g/mol. The topological polar surface area (TPSA) is 65.5 Å². The fourth-order valence-corrected chi connectivity index (χ4v) is 2.45. The second kappa shape index (κ2) is 7.06. The van der Waals surface area contributed by atoms with Crippen molar-refractivity contribution in [1.29, 1.82) is 0 Å². The van der Waals surface area contributed by atoms with Gasteiger partial charge in [-0.2, -0.15) is 0 Å². The number of nitrogens with one attached hydrogen (secondary N) is 1. The van der Waals surface area contributed by atoms with Gasteiger partial charge in [-0.25, -0.2) is 4.98 Å². The van der Waals surface area contributed by atoms with E-state index in [4.69, 9.17) is 0 Å². The van der Waals surface area contributed by atoms with E-state index in [1.807, 2.05) is 12.1 Å². The molecular weight excluding hydrogens is 268 g/mol. The van der Waals surface area contributed by atoms with E-state index < -0.39 is 0 Å². The first-order valence-electron chi connectivity index (χ1n) is 7.25. The smallest absolute Gasteiger partial charge is 0.246 e. The van der Waals surface area contributed by atoms with Crippen molar-refractivity contribution in [3.05, 3.63) is 18.3 Å². The minimum atomic E-state index is -0.150. The van der Waals surface area contributed by atoms with Gasteiger partial charge in [0.25, 0.3) is 0 Å². The molecule has 0 unspecified atom stereocenters. The Bertz CT molecular complexity index is 483. The third-order valence-corrected chi connectivity index (χ3v) is 3.78. The van der Waals surface area contributed by atoms with Gasteiger partial charge in [0, 0.05) is 20.1 Å². The fraction of sp³-hybridized carbons (Fsp3) is 0.533. The van der Waals surface area contributed by atoms with Gasteiger partial charge in [0.2, 0.25) is 12.3 Å². The lowest BCUT2D eigenvalue weighted by molar-refractivity contribution is -0.125. The third kappa shape index (κ3) is 4.18. The standard InChI is InChI=1S/C15H22N4O2/c1-18(11-20)10-15(21)19(2)13-7-8-14(16-9-13)17-12-5-3-4-6-12/h7-9,11-12H,3-6,10H2,1-2H3,(H,16,17). The first kappa shape index (κ1) is 15.3. The highest BCUT2D eigenvalue weighted by Gasteiger charge is 2.16. The zero-order valence-corrected chi connectivity index (χ0v) is 12.6. The highest BCUT2D eigenvalue weighted by Crippen LogP contribution is 2.22. The fourth-order valence-electron chi connectivity index (χ4n) is 2.45. The molecular formula is C15H22N4O2. The molecule has 0 bridgehead atoms. The molecule has 0 spiro atoms. The van der Waals surface area contributed by atoms with Crippen LogP contribution in [-0.2, 0) is 9.59 Å². The summed E-state index contributed by atoms with van der Waals surface area (Å²) in [4.78, 5) is 29.7. The van der Waals surface area contributed by atoms with Gasteiger partial charge < -0.3 is 15.1 Å². The van der Waals surface area contributed by atoms with Crippen molar-refractivity contribution in [2.75, 3.05) is 30.9 Å². The maximum absolute atomic E-state index is 12.0. The average Bonchev–Trinajstić information content (AvgIpc) is 3.00. The molecule has 0 aliphatic heterocycles. The number of carbonyl (C=O) groups is 2. The van der Waals surface area contributed by atoms with Crippen LogP contribution in [0.4, 0.5) is 11.5 Å². The number of likely N-dealkylation sites (N-methyl/N-ethyl adjacent to an activating group) is 2. The summed E-state index contributed by atoms with van der Waals surface area (Å²) in [5.41, 5.74) is 0.719. The van der Waals surface area contributed by atoms with Gasteiger partial charge in [-0.15, -0.1) is 0 Å². The van der Waals surface area contributed by atoms with Crippen molar-refractivity contribution < 1.29 is 9.59 Å². The Hall–Kier alpha value is -2.11. The highest BCUT2D eigenvalue weighted by atomic mass is 16.2. The van der Waals surface area contributed by atoms with Crippen molar-refractivity contribution >= 4 is 23.8 Å². The molecule has 1 aliphatic rings. The number of hydrogen-bond acceptors (Lipinski definition) is 4. The summed E-state index contributed by atoms with van der Waals surface area (Å²) < 4.78 is 0. The van der Waals surface area contributed by atoms with Crippen LogP contribution in [0.1, 0.15) is 25.7 Å². The zero-order chi connectivity index (χ0) is 15.2. The van der Waals surface area contributed by atoms with Crippen LogP contribution in [0.25, 0.3) is 0 Å². The number of hydrogen-bond donors (Lipinski definition) is 1. The van der Waals surface area contributed by atoms with Gasteiger partial charge in [0.05, 0.1) is 18.4 Å². The SMILES string of the molecule is CN(C=O)CC(=O)N(C)c1ccc(NC2CCCC2)nc1. The van der Waals surface area contributed by atoms with Gasteiger partial charge in [-0.05, 0) is 25.0 Å². The molecule has 1 heterocycles. The Morgan fingerprint density at radius 1 is 1.38 bits per heavy atom. The molecule has 0 radical (unpaired) electrons. The molecule has 6 heteroatoms. The molecule has 0 saturated heterocycles. The van der Waals surface area contributed by atoms with Gasteiger partial charge in [0.1, 0.15) is 5.82 Å². The van der Waals surface area contributed by atoms with Gasteiger partial charge in [-0.3, -0.25) is 9.59 Å². The summed E-state index contributed by atoms with van der Waals surface area (Å²) in [7, 11) is 3.26. The predicted octanol–water partition coefficient (Wildman–Crippen LogP) is 1.49. The van der Waals surface area contributed by atoms with E-state index in [0.29, 0.717) is 12.5 Å². The van der Waals surface area contributed by atoms with Crippen LogP contribution in [0.15, 0.2) is 18.3 Å². The molecule has 2 rings (SSSR count). The summed E-state index contributed by atoms with van der Waals surface area (Å²) >= 11 is 0. The maximum Gasteiger partial charge on any atom is 0.246 e. The highest BCUT2D eigenvalue weighted by molar-refractivity contribution is 5.94. The number of carbonyl (C=O) groups excluding carboxylic acids is 2. The lowest BCUT2D eigenvalue weighted by Crippen LogP contribution is -2.36. The number of rotatable bonds is 6. The van der Waals surface area contributed by atoms with E-state index in [0.717, 1.165) is 11.5 Å². The predicted molar refractivity (Wildman–Crippen MR) is 82.2 cm³/mol. The van der Waals surface area contributed by atoms with Gasteiger partial charge in [-0.1, -0.05) is 12.8 Å². The van der Waals surface area contributed by atoms with E-state index in [1.165, 1.54) is 35.5 Å². The zero-order valence-electron chi connectivity index (χ0n) is 12.6. The van der Waals surface area contributed by atoms with Crippen molar-refractivity contribution in [2.45, 2.75) is 31.7 Å². The molecule has 114 valence electrons. The van der Waals surface area contributed by atoms with E-state index in [9.17, 15) is 9.59 Å². The van der Waals surface area contributed by atoms with Gasteiger partial charge >= 0.3 is 0 Å². The van der Waals surface area contributed by atoms with Crippen LogP contribution in [0, 0.1) is 0 Å². The Labute approximate surface area is 125 Å². The maximum atomic E-state index is 12.0. The number of pyridine rings is 1. The number of aromatic nitrogens is 1. The molecule has 1 aromatic heterocycles. The first-order chi connectivity index (χ1) is 10.1. The molecule has 1 fully saturated rings. The minimum absolute atomic E-state index is 0.0576. The molecule has 1 saturated carbocycles. The Morgan fingerprint density at radius 2 is 2.10 bits per heavy atom. The molecule has 0 atom stereocenters. The van der Waals surface area contributed by atoms with Crippen molar-refractivity contribution in [3.63, 3.8) is 0 Å². The first-order valence-corrected chi connectivity index (χ1v) is 7.25. The van der Waals surface area contributed by atoms with E-state index in [-0.39, 0.29) is 12.5 Å². The van der Waals surface area contributed by atoms with Crippen molar-refractivity contribution in [2.24, 2.45) is 0 Å². The Balaban J connectivity index is 1.94. The number of amides is 2. The molecule has 6 nitrogen and oxygen atoms in total. The largest absolute Gasteiger partial charge is 0.367 e. The second-order valence-electron chi connectivity index (χ2n) is 5.50. The molecule has 1 N–H and O–H groups in total. The minimum Gasteiger partial charge on any atom is -0.367 e. The van der Waals surface area contributed by atoms with Crippen LogP contribution < -0.4 is 10.2 Å². The monoisotopic (exact) mass is 290 g/mol. The third-order valence-electron chi connectivity index (χ3n) is 3.78. The Kier molecular flexibility index (Phi) is 5.14. The molecule has 2 amide bonds. The molecule has 1 aliphatic carbocycles. The number of anilines is 2. The lowest BCUT2D eigenvalue weighted by Gasteiger charge is -2.20. The second-order valence-corrected chi connectivity index (χ2v) is 5.50. The summed E-state index contributed by atoms with van der Waals surface area (Å²) in [6.45, 7) is 0.0576. The van der Waals surface area contributed by atoms with E-state index in [1.54, 1.807) is 20.3 Å². The van der Waals surface area contributed by atoms with Crippen LogP contribution in [0.3, 0.4) is 0 Å². The summed E-state index contributed by atoms with van der Waals surface area (Å²) in [6, 6.07) is 4.27. The van der Waals surface area contributed by atoms with E-state index in [2.05, 4.69) is 10.3 Å².